The number of aromatic nitrogens is 2. The number of aryl methyl sites for hydroxylation is 2. The van der Waals surface area contributed by atoms with E-state index in [0.717, 1.165) is 17.8 Å². The van der Waals surface area contributed by atoms with Crippen molar-refractivity contribution in [3.05, 3.63) is 65.5 Å². The van der Waals surface area contributed by atoms with Gasteiger partial charge in [-0.05, 0) is 37.1 Å². The molecule has 0 radical (unpaired) electrons. The van der Waals surface area contributed by atoms with Crippen LogP contribution in [-0.4, -0.2) is 15.4 Å². The first-order valence-corrected chi connectivity index (χ1v) is 7.82. The SMILES string of the molecule is Cc1ccc2c(c1)nc(CCCl)n2C(C)c1ccccc1. The van der Waals surface area contributed by atoms with E-state index in [0.29, 0.717) is 5.88 Å². The molecule has 3 aromatic rings. The van der Waals surface area contributed by atoms with Gasteiger partial charge in [0.25, 0.3) is 0 Å². The van der Waals surface area contributed by atoms with Crippen LogP contribution in [0.1, 0.15) is 29.9 Å². The van der Waals surface area contributed by atoms with E-state index in [2.05, 4.69) is 60.9 Å². The normalized spacial score (nSPS) is 12.7. The first kappa shape index (κ1) is 14.2. The molecule has 2 aromatic carbocycles. The molecule has 1 aromatic heterocycles. The van der Waals surface area contributed by atoms with Crippen molar-refractivity contribution in [2.75, 3.05) is 5.88 Å². The summed E-state index contributed by atoms with van der Waals surface area (Å²) in [5, 5.41) is 0. The zero-order valence-corrected chi connectivity index (χ0v) is 13.1. The van der Waals surface area contributed by atoms with Gasteiger partial charge in [0, 0.05) is 12.3 Å². The van der Waals surface area contributed by atoms with Crippen LogP contribution >= 0.6 is 11.6 Å². The van der Waals surface area contributed by atoms with Crippen LogP contribution in [0.15, 0.2) is 48.5 Å². The van der Waals surface area contributed by atoms with E-state index in [1.165, 1.54) is 16.6 Å². The molecule has 0 amide bonds. The van der Waals surface area contributed by atoms with E-state index in [1.807, 2.05) is 6.07 Å². The highest BCUT2D eigenvalue weighted by Crippen LogP contribution is 2.27. The number of rotatable bonds is 4. The van der Waals surface area contributed by atoms with Crippen LogP contribution in [0.25, 0.3) is 11.0 Å². The highest BCUT2D eigenvalue weighted by molar-refractivity contribution is 6.17. The highest BCUT2D eigenvalue weighted by atomic mass is 35.5. The summed E-state index contributed by atoms with van der Waals surface area (Å²) in [6.07, 6.45) is 0.784. The van der Waals surface area contributed by atoms with Crippen molar-refractivity contribution in [3.8, 4) is 0 Å². The molecule has 2 nitrogen and oxygen atoms in total. The summed E-state index contributed by atoms with van der Waals surface area (Å²) in [6, 6.07) is 17.2. The number of imidazole rings is 1. The number of alkyl halides is 1. The molecule has 0 spiro atoms. The summed E-state index contributed by atoms with van der Waals surface area (Å²) >= 11 is 5.96. The first-order chi connectivity index (χ1) is 10.2. The summed E-state index contributed by atoms with van der Waals surface area (Å²) in [5.74, 6) is 1.64. The molecule has 0 N–H and O–H groups in total. The average molecular weight is 299 g/mol. The summed E-state index contributed by atoms with van der Waals surface area (Å²) in [6.45, 7) is 4.31. The monoisotopic (exact) mass is 298 g/mol. The van der Waals surface area contributed by atoms with Gasteiger partial charge in [0.05, 0.1) is 17.1 Å². The molecule has 0 aliphatic heterocycles. The Hall–Kier alpha value is -1.80. The minimum Gasteiger partial charge on any atom is -0.321 e. The third-order valence-electron chi connectivity index (χ3n) is 3.91. The Morgan fingerprint density at radius 2 is 1.90 bits per heavy atom. The molecule has 108 valence electrons. The predicted molar refractivity (Wildman–Crippen MR) is 89.1 cm³/mol. The van der Waals surface area contributed by atoms with Crippen molar-refractivity contribution in [2.45, 2.75) is 26.3 Å². The molecular weight excluding hydrogens is 280 g/mol. The minimum atomic E-state index is 0.247. The highest BCUT2D eigenvalue weighted by Gasteiger charge is 2.16. The quantitative estimate of drug-likeness (QED) is 0.636. The van der Waals surface area contributed by atoms with Crippen LogP contribution in [0, 0.1) is 6.92 Å². The van der Waals surface area contributed by atoms with Crippen molar-refractivity contribution < 1.29 is 0 Å². The van der Waals surface area contributed by atoms with Crippen molar-refractivity contribution in [2.24, 2.45) is 0 Å². The van der Waals surface area contributed by atoms with Gasteiger partial charge < -0.3 is 4.57 Å². The summed E-state index contributed by atoms with van der Waals surface area (Å²) in [5.41, 5.74) is 4.75. The number of halogens is 1. The van der Waals surface area contributed by atoms with Gasteiger partial charge in [-0.25, -0.2) is 4.98 Å². The van der Waals surface area contributed by atoms with Crippen molar-refractivity contribution in [3.63, 3.8) is 0 Å². The summed E-state index contributed by atoms with van der Waals surface area (Å²) < 4.78 is 2.31. The number of nitrogens with zero attached hydrogens (tertiary/aromatic N) is 2. The van der Waals surface area contributed by atoms with E-state index < -0.39 is 0 Å². The fraction of sp³-hybridized carbons (Fsp3) is 0.278. The zero-order chi connectivity index (χ0) is 14.8. The van der Waals surface area contributed by atoms with E-state index in [1.54, 1.807) is 0 Å². The van der Waals surface area contributed by atoms with Crippen LogP contribution in [0.2, 0.25) is 0 Å². The number of fused-ring (bicyclic) bond motifs is 1. The maximum atomic E-state index is 5.96. The molecule has 1 unspecified atom stereocenters. The van der Waals surface area contributed by atoms with E-state index in [-0.39, 0.29) is 6.04 Å². The Labute approximate surface area is 130 Å². The molecule has 21 heavy (non-hydrogen) atoms. The number of hydrogen-bond acceptors (Lipinski definition) is 1. The summed E-state index contributed by atoms with van der Waals surface area (Å²) in [4.78, 5) is 4.79. The molecule has 0 saturated carbocycles. The van der Waals surface area contributed by atoms with E-state index >= 15 is 0 Å². The molecule has 1 atom stereocenters. The van der Waals surface area contributed by atoms with Gasteiger partial charge in [-0.2, -0.15) is 0 Å². The van der Waals surface area contributed by atoms with Gasteiger partial charge in [0.15, 0.2) is 0 Å². The lowest BCUT2D eigenvalue weighted by Crippen LogP contribution is -2.11. The lowest BCUT2D eigenvalue weighted by Gasteiger charge is -2.18. The summed E-state index contributed by atoms with van der Waals surface area (Å²) in [7, 11) is 0. The average Bonchev–Trinajstić information content (AvgIpc) is 2.85. The second-order valence-corrected chi connectivity index (χ2v) is 5.79. The van der Waals surface area contributed by atoms with E-state index in [9.17, 15) is 0 Å². The standard InChI is InChI=1S/C18H19ClN2/c1-13-8-9-17-16(12-13)20-18(10-11-19)21(17)14(2)15-6-4-3-5-7-15/h3-9,12,14H,10-11H2,1-2H3. The largest absolute Gasteiger partial charge is 0.321 e. The van der Waals surface area contributed by atoms with Gasteiger partial charge in [-0.1, -0.05) is 36.4 Å². The fourth-order valence-electron chi connectivity index (χ4n) is 2.83. The molecule has 3 heteroatoms. The van der Waals surface area contributed by atoms with Gasteiger partial charge in [0.2, 0.25) is 0 Å². The van der Waals surface area contributed by atoms with Crippen LogP contribution in [0.5, 0.6) is 0 Å². The molecular formula is C18H19ClN2. The smallest absolute Gasteiger partial charge is 0.111 e. The molecule has 0 aliphatic carbocycles. The zero-order valence-electron chi connectivity index (χ0n) is 12.4. The Bertz CT molecular complexity index is 747. The second kappa shape index (κ2) is 5.90. The molecule has 0 fully saturated rings. The Morgan fingerprint density at radius 1 is 1.14 bits per heavy atom. The van der Waals surface area contributed by atoms with Gasteiger partial charge in [-0.15, -0.1) is 11.6 Å². The topological polar surface area (TPSA) is 17.8 Å². The number of benzene rings is 2. The van der Waals surface area contributed by atoms with Crippen molar-refractivity contribution >= 4 is 22.6 Å². The van der Waals surface area contributed by atoms with Crippen molar-refractivity contribution in [1.82, 2.24) is 9.55 Å². The van der Waals surface area contributed by atoms with Crippen LogP contribution in [0.3, 0.4) is 0 Å². The third-order valence-corrected chi connectivity index (χ3v) is 4.09. The second-order valence-electron chi connectivity index (χ2n) is 5.42. The Morgan fingerprint density at radius 3 is 2.62 bits per heavy atom. The third kappa shape index (κ3) is 2.68. The van der Waals surface area contributed by atoms with E-state index in [4.69, 9.17) is 16.6 Å². The fourth-order valence-corrected chi connectivity index (χ4v) is 3.00. The molecule has 0 aliphatic rings. The minimum absolute atomic E-state index is 0.247. The molecule has 0 saturated heterocycles. The molecule has 1 heterocycles. The van der Waals surface area contributed by atoms with Gasteiger partial charge in [-0.3, -0.25) is 0 Å². The van der Waals surface area contributed by atoms with Gasteiger partial charge in [0.1, 0.15) is 5.82 Å². The Balaban J connectivity index is 2.17. The molecule has 3 rings (SSSR count). The Kier molecular flexibility index (Phi) is 3.98. The van der Waals surface area contributed by atoms with Gasteiger partial charge >= 0.3 is 0 Å². The van der Waals surface area contributed by atoms with Crippen LogP contribution in [-0.2, 0) is 6.42 Å². The van der Waals surface area contributed by atoms with Crippen molar-refractivity contribution in [1.29, 1.82) is 0 Å². The predicted octanol–water partition coefficient (Wildman–Crippen LogP) is 4.74. The molecule has 0 bridgehead atoms. The lowest BCUT2D eigenvalue weighted by molar-refractivity contribution is 0.624. The first-order valence-electron chi connectivity index (χ1n) is 7.29. The maximum Gasteiger partial charge on any atom is 0.111 e. The van der Waals surface area contributed by atoms with Crippen LogP contribution < -0.4 is 0 Å². The lowest BCUT2D eigenvalue weighted by atomic mass is 10.1. The van der Waals surface area contributed by atoms with Crippen LogP contribution in [0.4, 0.5) is 0 Å². The number of hydrogen-bond donors (Lipinski definition) is 0. The maximum absolute atomic E-state index is 5.96.